The summed E-state index contributed by atoms with van der Waals surface area (Å²) >= 11 is 5.74. The van der Waals surface area contributed by atoms with Crippen molar-refractivity contribution in [1.82, 2.24) is 10.2 Å². The zero-order valence-electron chi connectivity index (χ0n) is 9.09. The van der Waals surface area contributed by atoms with Gasteiger partial charge in [0.2, 0.25) is 0 Å². The summed E-state index contributed by atoms with van der Waals surface area (Å²) in [7, 11) is 0. The number of benzene rings is 1. The smallest absolute Gasteiger partial charge is 0.285 e. The number of aromatic nitrogens is 2. The lowest BCUT2D eigenvalue weighted by Crippen LogP contribution is -2.10. The largest absolute Gasteiger partial charge is 0.508 e. The lowest BCUT2D eigenvalue weighted by molar-refractivity contribution is 0.475. The third-order valence-corrected chi connectivity index (χ3v) is 2.44. The third kappa shape index (κ3) is 2.86. The van der Waals surface area contributed by atoms with Gasteiger partial charge in [-0.15, -0.1) is 0 Å². The van der Waals surface area contributed by atoms with E-state index in [1.807, 2.05) is 0 Å². The topological polar surface area (TPSA) is 90.4 Å². The van der Waals surface area contributed by atoms with Gasteiger partial charge in [-0.1, -0.05) is 23.7 Å². The van der Waals surface area contributed by atoms with Crippen LogP contribution in [-0.4, -0.2) is 21.5 Å². The molecule has 0 saturated carbocycles. The molecule has 1 aromatic carbocycles. The molecule has 0 aliphatic carbocycles. The minimum absolute atomic E-state index is 0.0157. The van der Waals surface area contributed by atoms with Gasteiger partial charge in [0.05, 0.1) is 12.4 Å². The molecule has 0 amide bonds. The fourth-order valence-corrected chi connectivity index (χ4v) is 1.38. The van der Waals surface area contributed by atoms with Crippen molar-refractivity contribution in [2.24, 2.45) is 5.10 Å². The second kappa shape index (κ2) is 5.33. The van der Waals surface area contributed by atoms with Crippen LogP contribution in [0.15, 0.2) is 40.4 Å². The van der Waals surface area contributed by atoms with E-state index in [-0.39, 0.29) is 10.8 Å². The van der Waals surface area contributed by atoms with Crippen molar-refractivity contribution >= 4 is 23.5 Å². The number of anilines is 1. The first-order valence-electron chi connectivity index (χ1n) is 4.98. The van der Waals surface area contributed by atoms with E-state index in [1.54, 1.807) is 24.3 Å². The second-order valence-corrected chi connectivity index (χ2v) is 3.77. The summed E-state index contributed by atoms with van der Waals surface area (Å²) in [5, 5.41) is 18.9. The monoisotopic (exact) mass is 264 g/mol. The Morgan fingerprint density at radius 1 is 1.50 bits per heavy atom. The molecular formula is C11H9ClN4O2. The van der Waals surface area contributed by atoms with Crippen LogP contribution in [0, 0.1) is 0 Å². The summed E-state index contributed by atoms with van der Waals surface area (Å²) in [5.41, 5.74) is 3.11. The van der Waals surface area contributed by atoms with Gasteiger partial charge in [0.15, 0.2) is 0 Å². The van der Waals surface area contributed by atoms with Crippen LogP contribution in [0.2, 0.25) is 5.02 Å². The van der Waals surface area contributed by atoms with Crippen LogP contribution in [0.5, 0.6) is 5.75 Å². The van der Waals surface area contributed by atoms with Crippen molar-refractivity contribution in [3.8, 4) is 5.75 Å². The summed E-state index contributed by atoms with van der Waals surface area (Å²) in [6.07, 6.45) is 2.83. The van der Waals surface area contributed by atoms with Gasteiger partial charge in [-0.2, -0.15) is 10.2 Å². The Kier molecular flexibility index (Phi) is 3.59. The van der Waals surface area contributed by atoms with Crippen LogP contribution in [0.3, 0.4) is 0 Å². The molecule has 7 heteroatoms. The maximum Gasteiger partial charge on any atom is 0.285 e. The summed E-state index contributed by atoms with van der Waals surface area (Å²) in [4.78, 5) is 11.1. The Balaban J connectivity index is 2.12. The number of nitrogens with zero attached hydrogens (tertiary/aromatic N) is 2. The van der Waals surface area contributed by atoms with Crippen molar-refractivity contribution in [2.75, 3.05) is 5.43 Å². The molecular weight excluding hydrogens is 256 g/mol. The number of aromatic amines is 1. The van der Waals surface area contributed by atoms with Crippen molar-refractivity contribution in [3.63, 3.8) is 0 Å². The summed E-state index contributed by atoms with van der Waals surface area (Å²) in [6, 6.07) is 6.56. The predicted octanol–water partition coefficient (Wildman–Crippen LogP) is 1.57. The van der Waals surface area contributed by atoms with E-state index in [0.717, 1.165) is 0 Å². The van der Waals surface area contributed by atoms with E-state index >= 15 is 0 Å². The first-order valence-corrected chi connectivity index (χ1v) is 5.36. The van der Waals surface area contributed by atoms with Crippen molar-refractivity contribution in [3.05, 3.63) is 51.4 Å². The maximum atomic E-state index is 11.1. The highest BCUT2D eigenvalue weighted by Gasteiger charge is 2.02. The fourth-order valence-electron chi connectivity index (χ4n) is 1.24. The van der Waals surface area contributed by atoms with Crippen molar-refractivity contribution in [2.45, 2.75) is 0 Å². The number of rotatable bonds is 3. The molecule has 2 rings (SSSR count). The van der Waals surface area contributed by atoms with Crippen LogP contribution in [0.4, 0.5) is 5.69 Å². The summed E-state index contributed by atoms with van der Waals surface area (Å²) in [5.74, 6) is 0.148. The second-order valence-electron chi connectivity index (χ2n) is 3.39. The lowest BCUT2D eigenvalue weighted by Gasteiger charge is -2.00. The highest BCUT2D eigenvalue weighted by molar-refractivity contribution is 6.32. The Hall–Kier alpha value is -2.34. The Morgan fingerprint density at radius 2 is 2.33 bits per heavy atom. The minimum Gasteiger partial charge on any atom is -0.508 e. The quantitative estimate of drug-likeness (QED) is 0.580. The molecule has 0 spiro atoms. The highest BCUT2D eigenvalue weighted by Crippen LogP contribution is 2.14. The molecule has 0 atom stereocenters. The molecule has 3 N–H and O–H groups in total. The van der Waals surface area contributed by atoms with Crippen LogP contribution in [0.1, 0.15) is 5.56 Å². The first-order chi connectivity index (χ1) is 8.66. The van der Waals surface area contributed by atoms with E-state index < -0.39 is 5.56 Å². The number of H-pyrrole nitrogens is 1. The van der Waals surface area contributed by atoms with Gasteiger partial charge in [0, 0.05) is 0 Å². The predicted molar refractivity (Wildman–Crippen MR) is 69.2 cm³/mol. The van der Waals surface area contributed by atoms with Gasteiger partial charge in [-0.3, -0.25) is 10.2 Å². The summed E-state index contributed by atoms with van der Waals surface area (Å²) < 4.78 is 0. The zero-order valence-corrected chi connectivity index (χ0v) is 9.85. The molecule has 0 unspecified atom stereocenters. The number of aromatic hydroxyl groups is 1. The van der Waals surface area contributed by atoms with E-state index in [4.69, 9.17) is 11.6 Å². The lowest BCUT2D eigenvalue weighted by atomic mass is 10.2. The number of nitrogens with one attached hydrogen (secondary N) is 2. The Morgan fingerprint density at radius 3 is 3.11 bits per heavy atom. The van der Waals surface area contributed by atoms with Crippen LogP contribution >= 0.6 is 11.6 Å². The minimum atomic E-state index is -0.491. The van der Waals surface area contributed by atoms with Gasteiger partial charge < -0.3 is 5.11 Å². The normalized spacial score (nSPS) is 10.7. The highest BCUT2D eigenvalue weighted by atomic mass is 35.5. The molecule has 6 nitrogen and oxygen atoms in total. The summed E-state index contributed by atoms with van der Waals surface area (Å²) in [6.45, 7) is 0. The van der Waals surface area contributed by atoms with Crippen molar-refractivity contribution in [1.29, 1.82) is 0 Å². The molecule has 1 aromatic heterocycles. The molecule has 0 aliphatic rings. The van der Waals surface area contributed by atoms with Gasteiger partial charge in [0.1, 0.15) is 16.5 Å². The number of phenolic OH excluding ortho intramolecular Hbond substituents is 1. The van der Waals surface area contributed by atoms with Gasteiger partial charge >= 0.3 is 0 Å². The van der Waals surface area contributed by atoms with Gasteiger partial charge in [0.25, 0.3) is 5.56 Å². The number of hydrazone groups is 1. The molecule has 0 saturated heterocycles. The van der Waals surface area contributed by atoms with E-state index in [1.165, 1.54) is 12.4 Å². The number of phenols is 1. The van der Waals surface area contributed by atoms with E-state index in [2.05, 4.69) is 20.7 Å². The van der Waals surface area contributed by atoms with Crippen LogP contribution in [-0.2, 0) is 0 Å². The van der Waals surface area contributed by atoms with Gasteiger partial charge in [-0.05, 0) is 17.7 Å². The first kappa shape index (κ1) is 12.1. The van der Waals surface area contributed by atoms with E-state index in [9.17, 15) is 9.90 Å². The Labute approximate surface area is 107 Å². The molecule has 2 aromatic rings. The zero-order chi connectivity index (χ0) is 13.0. The van der Waals surface area contributed by atoms with Crippen LogP contribution < -0.4 is 11.0 Å². The average molecular weight is 265 g/mol. The van der Waals surface area contributed by atoms with E-state index in [0.29, 0.717) is 11.3 Å². The van der Waals surface area contributed by atoms with Crippen LogP contribution in [0.25, 0.3) is 0 Å². The van der Waals surface area contributed by atoms with Gasteiger partial charge in [-0.25, -0.2) is 5.10 Å². The average Bonchev–Trinajstić information content (AvgIpc) is 2.35. The number of halogens is 1. The standard InChI is InChI=1S/C11H9ClN4O2/c12-10-9(6-14-16-11(10)18)15-13-5-7-2-1-3-8(17)4-7/h1-6,17H,(H2,15,16,18)/b13-5-. The van der Waals surface area contributed by atoms with Crippen molar-refractivity contribution < 1.29 is 5.11 Å². The molecule has 0 bridgehead atoms. The number of hydrogen-bond donors (Lipinski definition) is 3. The third-order valence-electron chi connectivity index (χ3n) is 2.06. The Bertz CT molecular complexity index is 639. The molecule has 1 heterocycles. The SMILES string of the molecule is O=c1[nH]ncc(N/N=C\c2cccc(O)c2)c1Cl. The molecule has 92 valence electrons. The molecule has 18 heavy (non-hydrogen) atoms. The maximum absolute atomic E-state index is 11.1. The fraction of sp³-hybridized carbons (Fsp3) is 0. The molecule has 0 aliphatic heterocycles. The molecule has 0 radical (unpaired) electrons. The molecule has 0 fully saturated rings. The number of hydrogen-bond acceptors (Lipinski definition) is 5.